The molecule has 0 spiro atoms. The van der Waals surface area contributed by atoms with Gasteiger partial charge in [-0.3, -0.25) is 4.79 Å². The van der Waals surface area contributed by atoms with Crippen molar-refractivity contribution in [1.82, 2.24) is 9.29 Å². The summed E-state index contributed by atoms with van der Waals surface area (Å²) in [4.78, 5) is 17.7. The van der Waals surface area contributed by atoms with Gasteiger partial charge in [0.15, 0.2) is 0 Å². The average Bonchev–Trinajstić information content (AvgIpc) is 3.29. The van der Waals surface area contributed by atoms with E-state index in [0.29, 0.717) is 37.6 Å². The molecule has 4 aromatic rings. The van der Waals surface area contributed by atoms with Crippen molar-refractivity contribution in [1.29, 1.82) is 0 Å². The average molecular weight is 494 g/mol. The first-order chi connectivity index (χ1) is 16.4. The van der Waals surface area contributed by atoms with E-state index in [1.54, 1.807) is 30.4 Å². The van der Waals surface area contributed by atoms with Gasteiger partial charge in [-0.25, -0.2) is 13.4 Å². The largest absolute Gasteiger partial charge is 0.379 e. The van der Waals surface area contributed by atoms with Crippen LogP contribution in [0.4, 0.5) is 5.69 Å². The molecule has 5 rings (SSSR count). The Kier molecular flexibility index (Phi) is 6.18. The molecule has 0 aliphatic carbocycles. The lowest BCUT2D eigenvalue weighted by atomic mass is 10.1. The Labute approximate surface area is 202 Å². The van der Waals surface area contributed by atoms with Gasteiger partial charge in [0.2, 0.25) is 10.0 Å². The van der Waals surface area contributed by atoms with Crippen LogP contribution in [0.15, 0.2) is 71.6 Å². The fraction of sp³-hybridized carbons (Fsp3) is 0.200. The molecule has 0 bridgehead atoms. The third-order valence-corrected chi connectivity index (χ3v) is 8.85. The van der Waals surface area contributed by atoms with Gasteiger partial charge in [-0.15, -0.1) is 11.3 Å². The van der Waals surface area contributed by atoms with Crippen LogP contribution in [-0.4, -0.2) is 49.9 Å². The maximum atomic E-state index is 13.1. The lowest BCUT2D eigenvalue weighted by Crippen LogP contribution is -2.40. The summed E-state index contributed by atoms with van der Waals surface area (Å²) in [5.41, 5.74) is 3.43. The van der Waals surface area contributed by atoms with Gasteiger partial charge in [0, 0.05) is 29.9 Å². The van der Waals surface area contributed by atoms with E-state index in [4.69, 9.17) is 4.74 Å². The summed E-state index contributed by atoms with van der Waals surface area (Å²) in [5.74, 6) is -0.369. The van der Waals surface area contributed by atoms with Crippen molar-refractivity contribution >= 4 is 43.2 Å². The minimum atomic E-state index is -3.70. The molecule has 7 nitrogen and oxygen atoms in total. The van der Waals surface area contributed by atoms with Crippen LogP contribution >= 0.6 is 11.3 Å². The molecule has 0 unspecified atom stereocenters. The topological polar surface area (TPSA) is 88.6 Å². The molecule has 0 saturated carbocycles. The summed E-state index contributed by atoms with van der Waals surface area (Å²) in [6.45, 7) is 3.07. The molecular weight excluding hydrogens is 470 g/mol. The molecule has 1 aliphatic heterocycles. The van der Waals surface area contributed by atoms with Crippen molar-refractivity contribution in [3.8, 4) is 10.6 Å². The van der Waals surface area contributed by atoms with E-state index in [1.807, 2.05) is 48.5 Å². The number of morpholine rings is 1. The number of benzene rings is 3. The van der Waals surface area contributed by atoms with Crippen LogP contribution < -0.4 is 5.32 Å². The number of rotatable bonds is 5. The van der Waals surface area contributed by atoms with Gasteiger partial charge in [0.1, 0.15) is 5.01 Å². The summed E-state index contributed by atoms with van der Waals surface area (Å²) in [7, 11) is -3.70. The van der Waals surface area contributed by atoms with Crippen molar-refractivity contribution < 1.29 is 17.9 Å². The lowest BCUT2D eigenvalue weighted by Gasteiger charge is -2.26. The van der Waals surface area contributed by atoms with E-state index in [2.05, 4.69) is 10.3 Å². The second-order valence-electron chi connectivity index (χ2n) is 8.01. The van der Waals surface area contributed by atoms with Crippen LogP contribution in [0.5, 0.6) is 0 Å². The molecule has 9 heteroatoms. The van der Waals surface area contributed by atoms with Gasteiger partial charge in [-0.05, 0) is 61.0 Å². The number of hydrogen-bond donors (Lipinski definition) is 1. The molecule has 1 aliphatic rings. The minimum Gasteiger partial charge on any atom is -0.379 e. The fourth-order valence-corrected chi connectivity index (χ4v) is 6.47. The second-order valence-corrected chi connectivity index (χ2v) is 11.0. The summed E-state index contributed by atoms with van der Waals surface area (Å²) in [5, 5.41) is 3.77. The highest BCUT2D eigenvalue weighted by molar-refractivity contribution is 7.89. The molecule has 1 amide bonds. The number of nitrogens with zero attached hydrogens (tertiary/aromatic N) is 2. The number of para-hydroxylation sites is 1. The highest BCUT2D eigenvalue weighted by Gasteiger charge is 2.28. The molecule has 2 heterocycles. The number of ether oxygens (including phenoxy) is 1. The molecule has 3 aromatic carbocycles. The van der Waals surface area contributed by atoms with E-state index >= 15 is 0 Å². The molecule has 0 atom stereocenters. The summed E-state index contributed by atoms with van der Waals surface area (Å²) >= 11 is 1.62. The van der Waals surface area contributed by atoms with Crippen molar-refractivity contribution in [2.24, 2.45) is 0 Å². The zero-order valence-corrected chi connectivity index (χ0v) is 20.2. The number of carbonyl (C=O) groups excluding carboxylic acids is 1. The SMILES string of the molecule is Cc1ccc(C(=O)Nc2ccc(-c3nc4ccccc4s3)cc2)cc1S(=O)(=O)N1CCOCC1. The Morgan fingerprint density at radius 3 is 2.50 bits per heavy atom. The van der Waals surface area contributed by atoms with Crippen molar-refractivity contribution in [3.05, 3.63) is 77.9 Å². The Bertz CT molecular complexity index is 1420. The molecule has 1 fully saturated rings. The van der Waals surface area contributed by atoms with Crippen molar-refractivity contribution in [2.75, 3.05) is 31.6 Å². The molecular formula is C25H23N3O4S2. The van der Waals surface area contributed by atoms with Crippen LogP contribution in [0.3, 0.4) is 0 Å². The van der Waals surface area contributed by atoms with Crippen molar-refractivity contribution in [2.45, 2.75) is 11.8 Å². The smallest absolute Gasteiger partial charge is 0.255 e. The van der Waals surface area contributed by atoms with Gasteiger partial charge in [0.25, 0.3) is 5.91 Å². The number of anilines is 1. The predicted octanol–water partition coefficient (Wildman–Crippen LogP) is 4.54. The number of hydrogen-bond acceptors (Lipinski definition) is 6. The maximum absolute atomic E-state index is 13.1. The quantitative estimate of drug-likeness (QED) is 0.441. The molecule has 34 heavy (non-hydrogen) atoms. The normalized spacial score (nSPS) is 14.9. The Morgan fingerprint density at radius 2 is 1.76 bits per heavy atom. The molecule has 1 N–H and O–H groups in total. The lowest BCUT2D eigenvalue weighted by molar-refractivity contribution is 0.0730. The molecule has 1 aromatic heterocycles. The van der Waals surface area contributed by atoms with Gasteiger partial charge >= 0.3 is 0 Å². The van der Waals surface area contributed by atoms with E-state index in [0.717, 1.165) is 20.8 Å². The van der Waals surface area contributed by atoms with Crippen LogP contribution in [-0.2, 0) is 14.8 Å². The Balaban J connectivity index is 1.34. The third kappa shape index (κ3) is 4.47. The van der Waals surface area contributed by atoms with E-state index in [-0.39, 0.29) is 16.4 Å². The van der Waals surface area contributed by atoms with Crippen molar-refractivity contribution in [3.63, 3.8) is 0 Å². The molecule has 1 saturated heterocycles. The van der Waals surface area contributed by atoms with E-state index in [1.165, 1.54) is 10.4 Å². The van der Waals surface area contributed by atoms with E-state index < -0.39 is 10.0 Å². The zero-order valence-electron chi connectivity index (χ0n) is 18.5. The molecule has 174 valence electrons. The van der Waals surface area contributed by atoms with E-state index in [9.17, 15) is 13.2 Å². The standard InChI is InChI=1S/C25H23N3O4S2/c1-17-6-7-19(16-23(17)34(30,31)28-12-14-32-15-13-28)24(29)26-20-10-8-18(9-11-20)25-27-21-4-2-3-5-22(21)33-25/h2-11,16H,12-15H2,1H3,(H,26,29). The Morgan fingerprint density at radius 1 is 1.03 bits per heavy atom. The number of fused-ring (bicyclic) bond motifs is 1. The first-order valence-corrected chi connectivity index (χ1v) is 13.1. The first kappa shape index (κ1) is 22.7. The van der Waals surface area contributed by atoms with Gasteiger partial charge < -0.3 is 10.1 Å². The highest BCUT2D eigenvalue weighted by atomic mass is 32.2. The summed E-state index contributed by atoms with van der Waals surface area (Å²) < 4.78 is 34.0. The van der Waals surface area contributed by atoms with Crippen LogP contribution in [0.2, 0.25) is 0 Å². The highest BCUT2D eigenvalue weighted by Crippen LogP contribution is 2.30. The fourth-order valence-electron chi connectivity index (χ4n) is 3.84. The number of carbonyl (C=O) groups is 1. The molecule has 0 radical (unpaired) electrons. The second kappa shape index (κ2) is 9.27. The third-order valence-electron chi connectivity index (χ3n) is 5.72. The van der Waals surface area contributed by atoms with Crippen LogP contribution in [0.1, 0.15) is 15.9 Å². The monoisotopic (exact) mass is 493 g/mol. The zero-order chi connectivity index (χ0) is 23.7. The maximum Gasteiger partial charge on any atom is 0.255 e. The van der Waals surface area contributed by atoms with Gasteiger partial charge in [-0.1, -0.05) is 18.2 Å². The Hall–Kier alpha value is -3.11. The first-order valence-electron chi connectivity index (χ1n) is 10.9. The number of aromatic nitrogens is 1. The van der Waals surface area contributed by atoms with Crippen LogP contribution in [0.25, 0.3) is 20.8 Å². The predicted molar refractivity (Wildman–Crippen MR) is 134 cm³/mol. The number of aryl methyl sites for hydroxylation is 1. The number of nitrogens with one attached hydrogen (secondary N) is 1. The number of amides is 1. The summed E-state index contributed by atoms with van der Waals surface area (Å²) in [6, 6.07) is 20.2. The summed E-state index contributed by atoms with van der Waals surface area (Å²) in [6.07, 6.45) is 0. The number of thiazole rings is 1. The van der Waals surface area contributed by atoms with Gasteiger partial charge in [-0.2, -0.15) is 4.31 Å². The minimum absolute atomic E-state index is 0.147. The van der Waals surface area contributed by atoms with Crippen LogP contribution in [0, 0.1) is 6.92 Å². The number of sulfonamides is 1. The van der Waals surface area contributed by atoms with Gasteiger partial charge in [0.05, 0.1) is 28.3 Å².